The van der Waals surface area contributed by atoms with Crippen LogP contribution in [-0.2, 0) is 7.05 Å². The van der Waals surface area contributed by atoms with E-state index in [9.17, 15) is 4.79 Å². The zero-order valence-electron chi connectivity index (χ0n) is 12.6. The molecule has 110 valence electrons. The number of para-hydroxylation sites is 2. The summed E-state index contributed by atoms with van der Waals surface area (Å²) in [6.07, 6.45) is 1.97. The van der Waals surface area contributed by atoms with Gasteiger partial charge in [-0.05, 0) is 43.7 Å². The molecule has 0 aliphatic carbocycles. The van der Waals surface area contributed by atoms with Gasteiger partial charge in [0.1, 0.15) is 0 Å². The van der Waals surface area contributed by atoms with Crippen LogP contribution in [0.15, 0.2) is 35.1 Å². The first-order valence-corrected chi connectivity index (χ1v) is 7.92. The van der Waals surface area contributed by atoms with Crippen molar-refractivity contribution < 1.29 is 0 Å². The molecule has 0 radical (unpaired) electrons. The molecule has 0 unspecified atom stereocenters. The minimum atomic E-state index is 0.00889. The van der Waals surface area contributed by atoms with Crippen LogP contribution in [-0.4, -0.2) is 14.0 Å². The van der Waals surface area contributed by atoms with Crippen LogP contribution in [0, 0.1) is 13.8 Å². The number of fused-ring (bicyclic) bond motifs is 3. The molecule has 0 aliphatic heterocycles. The Balaban J connectivity index is 2.03. The van der Waals surface area contributed by atoms with Crippen molar-refractivity contribution in [1.82, 2.24) is 14.0 Å². The molecule has 3 heterocycles. The second-order valence-corrected chi connectivity index (χ2v) is 6.53. The normalized spacial score (nSPS) is 12.8. The number of nitrogens with zero attached hydrogens (tertiary/aromatic N) is 3. The summed E-state index contributed by atoms with van der Waals surface area (Å²) in [5, 5.41) is 0. The van der Waals surface area contributed by atoms with E-state index in [1.165, 1.54) is 17.0 Å². The Morgan fingerprint density at radius 2 is 2.00 bits per heavy atom. The molecule has 0 aliphatic rings. The molecule has 0 N–H and O–H groups in total. The lowest BCUT2D eigenvalue weighted by molar-refractivity contribution is 0.843. The van der Waals surface area contributed by atoms with Gasteiger partial charge in [-0.2, -0.15) is 0 Å². The van der Waals surface area contributed by atoms with Crippen molar-refractivity contribution in [1.29, 1.82) is 0 Å². The predicted molar refractivity (Wildman–Crippen MR) is 90.5 cm³/mol. The zero-order chi connectivity index (χ0) is 15.4. The third kappa shape index (κ3) is 1.75. The van der Waals surface area contributed by atoms with E-state index in [0.29, 0.717) is 0 Å². The highest BCUT2D eigenvalue weighted by molar-refractivity contribution is 7.15. The summed E-state index contributed by atoms with van der Waals surface area (Å²) < 4.78 is 4.56. The van der Waals surface area contributed by atoms with Gasteiger partial charge < -0.3 is 4.57 Å². The average Bonchev–Trinajstić information content (AvgIpc) is 3.09. The van der Waals surface area contributed by atoms with Crippen LogP contribution in [0.2, 0.25) is 0 Å². The number of aromatic nitrogens is 3. The topological polar surface area (TPSA) is 39.3 Å². The summed E-state index contributed by atoms with van der Waals surface area (Å²) in [6, 6.07) is 9.85. The highest BCUT2D eigenvalue weighted by atomic mass is 32.1. The molecule has 5 heteroatoms. The Bertz CT molecular complexity index is 1130. The van der Waals surface area contributed by atoms with Crippen LogP contribution >= 0.6 is 11.3 Å². The van der Waals surface area contributed by atoms with Crippen LogP contribution in [0.25, 0.3) is 22.1 Å². The number of imidazole rings is 1. The maximum absolute atomic E-state index is 12.7. The number of hydrogen-bond acceptors (Lipinski definition) is 3. The van der Waals surface area contributed by atoms with Gasteiger partial charge in [0.05, 0.1) is 15.6 Å². The van der Waals surface area contributed by atoms with Crippen LogP contribution < -0.4 is 10.1 Å². The Hall–Kier alpha value is -2.40. The first-order chi connectivity index (χ1) is 10.6. The van der Waals surface area contributed by atoms with E-state index in [-0.39, 0.29) is 5.56 Å². The van der Waals surface area contributed by atoms with Crippen molar-refractivity contribution in [2.24, 2.45) is 7.05 Å². The molecule has 4 rings (SSSR count). The molecule has 0 fully saturated rings. The fourth-order valence-electron chi connectivity index (χ4n) is 2.78. The second-order valence-electron chi connectivity index (χ2n) is 5.52. The first-order valence-electron chi connectivity index (χ1n) is 7.11. The molecule has 0 atom stereocenters. The zero-order valence-corrected chi connectivity index (χ0v) is 13.4. The summed E-state index contributed by atoms with van der Waals surface area (Å²) in [5.74, 6) is 0. The quantitative estimate of drug-likeness (QED) is 0.542. The van der Waals surface area contributed by atoms with Gasteiger partial charge in [0, 0.05) is 18.4 Å². The number of rotatable bonds is 1. The largest absolute Gasteiger partial charge is 0.352 e. The van der Waals surface area contributed by atoms with Crippen molar-refractivity contribution in [3.63, 3.8) is 0 Å². The van der Waals surface area contributed by atoms with Gasteiger partial charge in [-0.3, -0.25) is 4.79 Å². The molecule has 0 spiro atoms. The molecule has 0 bridgehead atoms. The molecule has 1 aromatic carbocycles. The molecular formula is C17H15N3OS. The number of benzene rings is 1. The molecule has 22 heavy (non-hydrogen) atoms. The highest BCUT2D eigenvalue weighted by Gasteiger charge is 2.11. The van der Waals surface area contributed by atoms with Crippen LogP contribution in [0.3, 0.4) is 0 Å². The Morgan fingerprint density at radius 1 is 1.23 bits per heavy atom. The third-order valence-electron chi connectivity index (χ3n) is 4.25. The Morgan fingerprint density at radius 3 is 2.73 bits per heavy atom. The smallest absolute Gasteiger partial charge is 0.274 e. The Kier molecular flexibility index (Phi) is 2.74. The monoisotopic (exact) mass is 309 g/mol. The van der Waals surface area contributed by atoms with Crippen molar-refractivity contribution in [3.8, 4) is 0 Å². The fourth-order valence-corrected chi connectivity index (χ4v) is 3.76. The lowest BCUT2D eigenvalue weighted by atomic mass is 10.2. The lowest BCUT2D eigenvalue weighted by Gasteiger charge is -1.98. The predicted octanol–water partition coefficient (Wildman–Crippen LogP) is 2.41. The van der Waals surface area contributed by atoms with E-state index in [0.717, 1.165) is 31.8 Å². The second kappa shape index (κ2) is 4.55. The maximum Gasteiger partial charge on any atom is 0.274 e. The summed E-state index contributed by atoms with van der Waals surface area (Å²) in [5.41, 5.74) is 5.18. The van der Waals surface area contributed by atoms with Gasteiger partial charge in [-0.25, -0.2) is 9.38 Å². The van der Waals surface area contributed by atoms with Crippen LogP contribution in [0.5, 0.6) is 0 Å². The summed E-state index contributed by atoms with van der Waals surface area (Å²) in [4.78, 5) is 18.0. The summed E-state index contributed by atoms with van der Waals surface area (Å²) >= 11 is 1.44. The molecule has 3 aromatic heterocycles. The Labute approximate surface area is 130 Å². The molecular weight excluding hydrogens is 294 g/mol. The SMILES string of the molecule is Cc1cc(/C=c2/sc3nc4ccccc4n3c2=O)c(C)n1C. The van der Waals surface area contributed by atoms with E-state index in [4.69, 9.17) is 0 Å². The van der Waals surface area contributed by atoms with Gasteiger partial charge in [0.2, 0.25) is 0 Å². The van der Waals surface area contributed by atoms with E-state index < -0.39 is 0 Å². The van der Waals surface area contributed by atoms with E-state index in [2.05, 4.69) is 29.5 Å². The van der Waals surface area contributed by atoms with Crippen LogP contribution in [0.4, 0.5) is 0 Å². The van der Waals surface area contributed by atoms with E-state index in [1.54, 1.807) is 4.40 Å². The minimum Gasteiger partial charge on any atom is -0.352 e. The van der Waals surface area contributed by atoms with Crippen molar-refractivity contribution >= 4 is 33.4 Å². The van der Waals surface area contributed by atoms with Gasteiger partial charge in [-0.15, -0.1) is 0 Å². The van der Waals surface area contributed by atoms with Crippen molar-refractivity contribution in [2.45, 2.75) is 13.8 Å². The van der Waals surface area contributed by atoms with Gasteiger partial charge in [0.15, 0.2) is 4.96 Å². The van der Waals surface area contributed by atoms with Gasteiger partial charge >= 0.3 is 0 Å². The molecule has 4 nitrogen and oxygen atoms in total. The van der Waals surface area contributed by atoms with Gasteiger partial charge in [0.25, 0.3) is 5.56 Å². The van der Waals surface area contributed by atoms with Crippen molar-refractivity contribution in [2.75, 3.05) is 0 Å². The first kappa shape index (κ1) is 13.3. The maximum atomic E-state index is 12.7. The van der Waals surface area contributed by atoms with Crippen LogP contribution in [0.1, 0.15) is 17.0 Å². The number of hydrogen-bond donors (Lipinski definition) is 0. The third-order valence-corrected chi connectivity index (χ3v) is 5.21. The number of thiazole rings is 1. The highest BCUT2D eigenvalue weighted by Crippen LogP contribution is 2.17. The van der Waals surface area contributed by atoms with Crippen molar-refractivity contribution in [3.05, 3.63) is 62.2 Å². The van der Waals surface area contributed by atoms with Gasteiger partial charge in [-0.1, -0.05) is 23.5 Å². The summed E-state index contributed by atoms with van der Waals surface area (Å²) in [6.45, 7) is 4.13. The summed E-state index contributed by atoms with van der Waals surface area (Å²) in [7, 11) is 2.04. The fraction of sp³-hybridized carbons (Fsp3) is 0.176. The molecule has 0 saturated heterocycles. The minimum absolute atomic E-state index is 0.00889. The van der Waals surface area contributed by atoms with E-state index in [1.807, 2.05) is 37.4 Å². The standard InChI is InChI=1S/C17H15N3OS/c1-10-8-12(11(2)19(10)3)9-15-16(21)20-14-7-5-4-6-13(14)18-17(20)22-15/h4-9H,1-3H3/b15-9+. The molecule has 0 saturated carbocycles. The molecule has 4 aromatic rings. The van der Waals surface area contributed by atoms with E-state index >= 15 is 0 Å². The number of aryl methyl sites for hydroxylation is 1. The lowest BCUT2D eigenvalue weighted by Crippen LogP contribution is -2.22. The average molecular weight is 309 g/mol. The molecule has 0 amide bonds.